The maximum Gasteiger partial charge on any atom is 0.265 e. The van der Waals surface area contributed by atoms with Crippen molar-refractivity contribution in [2.24, 2.45) is 0 Å². The van der Waals surface area contributed by atoms with Crippen LogP contribution in [0.1, 0.15) is 35.6 Å². The first-order chi connectivity index (χ1) is 11.0. The van der Waals surface area contributed by atoms with E-state index in [4.69, 9.17) is 4.74 Å². The van der Waals surface area contributed by atoms with Gasteiger partial charge in [0.05, 0.1) is 0 Å². The Bertz CT molecular complexity index is 736. The Kier molecular flexibility index (Phi) is 4.37. The molecule has 0 saturated heterocycles. The van der Waals surface area contributed by atoms with Crippen molar-refractivity contribution in [1.82, 2.24) is 0 Å². The van der Waals surface area contributed by atoms with E-state index in [9.17, 15) is 4.79 Å². The van der Waals surface area contributed by atoms with Gasteiger partial charge in [0.25, 0.3) is 5.91 Å². The van der Waals surface area contributed by atoms with Crippen LogP contribution in [0.3, 0.4) is 0 Å². The molecule has 1 amide bonds. The van der Waals surface area contributed by atoms with Crippen molar-refractivity contribution in [3.8, 4) is 5.75 Å². The van der Waals surface area contributed by atoms with E-state index in [0.29, 0.717) is 0 Å². The Labute approximate surface area is 137 Å². The number of benzene rings is 2. The average Bonchev–Trinajstić information content (AvgIpc) is 2.98. The number of hydrogen-bond acceptors (Lipinski definition) is 2. The average molecular weight is 309 g/mol. The highest BCUT2D eigenvalue weighted by Gasteiger charge is 2.17. The molecule has 0 aliphatic heterocycles. The first kappa shape index (κ1) is 15.6. The van der Waals surface area contributed by atoms with Gasteiger partial charge in [-0.25, -0.2) is 0 Å². The molecule has 3 nitrogen and oxygen atoms in total. The fourth-order valence-corrected chi connectivity index (χ4v) is 2.94. The summed E-state index contributed by atoms with van der Waals surface area (Å²) >= 11 is 0. The molecule has 2 aromatic rings. The molecule has 0 saturated carbocycles. The number of aryl methyl sites for hydroxylation is 4. The topological polar surface area (TPSA) is 38.3 Å². The van der Waals surface area contributed by atoms with Gasteiger partial charge in [-0.15, -0.1) is 0 Å². The lowest BCUT2D eigenvalue weighted by Gasteiger charge is -2.16. The van der Waals surface area contributed by atoms with Crippen LogP contribution in [0.4, 0.5) is 5.69 Å². The minimum atomic E-state index is -0.537. The van der Waals surface area contributed by atoms with Crippen molar-refractivity contribution in [3.63, 3.8) is 0 Å². The zero-order valence-corrected chi connectivity index (χ0v) is 14.0. The third-order valence-corrected chi connectivity index (χ3v) is 4.53. The second-order valence-electron chi connectivity index (χ2n) is 6.33. The number of amides is 1. The summed E-state index contributed by atoms with van der Waals surface area (Å²) in [6.07, 6.45) is 2.92. The van der Waals surface area contributed by atoms with Crippen molar-refractivity contribution < 1.29 is 9.53 Å². The quantitative estimate of drug-likeness (QED) is 0.919. The summed E-state index contributed by atoms with van der Waals surface area (Å²) < 4.78 is 5.76. The molecular weight excluding hydrogens is 286 g/mol. The van der Waals surface area contributed by atoms with Crippen LogP contribution in [0.5, 0.6) is 5.75 Å². The van der Waals surface area contributed by atoms with E-state index >= 15 is 0 Å². The Morgan fingerprint density at radius 2 is 1.83 bits per heavy atom. The molecule has 2 aromatic carbocycles. The van der Waals surface area contributed by atoms with Gasteiger partial charge in [-0.3, -0.25) is 4.79 Å². The summed E-state index contributed by atoms with van der Waals surface area (Å²) in [5.41, 5.74) is 5.99. The number of carbonyl (C=O) groups is 1. The zero-order valence-electron chi connectivity index (χ0n) is 14.0. The van der Waals surface area contributed by atoms with Crippen LogP contribution in [0.25, 0.3) is 0 Å². The zero-order chi connectivity index (χ0) is 16.4. The molecule has 0 aromatic heterocycles. The molecule has 1 unspecified atom stereocenters. The van der Waals surface area contributed by atoms with Gasteiger partial charge in [0.2, 0.25) is 0 Å². The van der Waals surface area contributed by atoms with Crippen LogP contribution < -0.4 is 10.1 Å². The van der Waals surface area contributed by atoms with Gasteiger partial charge in [0.1, 0.15) is 5.75 Å². The van der Waals surface area contributed by atoms with E-state index in [1.54, 1.807) is 6.92 Å². The number of carbonyl (C=O) groups excluding carboxylic acids is 1. The smallest absolute Gasteiger partial charge is 0.265 e. The SMILES string of the molecule is Cc1ccc(OC(C)C(=O)Nc2ccc3c(c2)CCC3)cc1C. The van der Waals surface area contributed by atoms with Crippen LogP contribution in [-0.4, -0.2) is 12.0 Å². The van der Waals surface area contributed by atoms with Crippen molar-refractivity contribution >= 4 is 11.6 Å². The highest BCUT2D eigenvalue weighted by atomic mass is 16.5. The van der Waals surface area contributed by atoms with E-state index in [1.165, 1.54) is 23.1 Å². The molecule has 0 radical (unpaired) electrons. The van der Waals surface area contributed by atoms with Gasteiger partial charge in [-0.2, -0.15) is 0 Å². The number of anilines is 1. The summed E-state index contributed by atoms with van der Waals surface area (Å²) in [5, 5.41) is 2.95. The van der Waals surface area contributed by atoms with Crippen LogP contribution in [0, 0.1) is 13.8 Å². The van der Waals surface area contributed by atoms with E-state index in [1.807, 2.05) is 31.2 Å². The van der Waals surface area contributed by atoms with E-state index in [0.717, 1.165) is 29.8 Å². The number of fused-ring (bicyclic) bond motifs is 1. The lowest BCUT2D eigenvalue weighted by atomic mass is 10.1. The number of rotatable bonds is 4. The fraction of sp³-hybridized carbons (Fsp3) is 0.350. The Morgan fingerprint density at radius 1 is 1.04 bits per heavy atom. The Balaban J connectivity index is 1.64. The van der Waals surface area contributed by atoms with Crippen molar-refractivity contribution in [2.45, 2.75) is 46.1 Å². The van der Waals surface area contributed by atoms with Crippen LogP contribution in [-0.2, 0) is 17.6 Å². The molecule has 0 bridgehead atoms. The third-order valence-electron chi connectivity index (χ3n) is 4.53. The minimum absolute atomic E-state index is 0.124. The van der Waals surface area contributed by atoms with E-state index < -0.39 is 6.10 Å². The molecule has 1 atom stereocenters. The van der Waals surface area contributed by atoms with Gasteiger partial charge in [-0.05, 0) is 86.6 Å². The molecule has 1 N–H and O–H groups in total. The summed E-state index contributed by atoms with van der Waals surface area (Å²) in [6, 6.07) is 12.1. The highest BCUT2D eigenvalue weighted by Crippen LogP contribution is 2.25. The Morgan fingerprint density at radius 3 is 2.61 bits per heavy atom. The molecule has 1 aliphatic carbocycles. The molecule has 3 rings (SSSR count). The highest BCUT2D eigenvalue weighted by molar-refractivity contribution is 5.94. The molecule has 120 valence electrons. The predicted octanol–water partition coefficient (Wildman–Crippen LogP) is 4.20. The molecule has 0 heterocycles. The second-order valence-corrected chi connectivity index (χ2v) is 6.33. The van der Waals surface area contributed by atoms with Gasteiger partial charge in [-0.1, -0.05) is 12.1 Å². The van der Waals surface area contributed by atoms with Crippen LogP contribution >= 0.6 is 0 Å². The van der Waals surface area contributed by atoms with Crippen molar-refractivity contribution in [2.75, 3.05) is 5.32 Å². The summed E-state index contributed by atoms with van der Waals surface area (Å²) in [5.74, 6) is 0.603. The van der Waals surface area contributed by atoms with Crippen LogP contribution in [0.2, 0.25) is 0 Å². The predicted molar refractivity (Wildman–Crippen MR) is 93.1 cm³/mol. The van der Waals surface area contributed by atoms with E-state index in [-0.39, 0.29) is 5.91 Å². The third kappa shape index (κ3) is 3.55. The lowest BCUT2D eigenvalue weighted by Crippen LogP contribution is -2.30. The van der Waals surface area contributed by atoms with Crippen LogP contribution in [0.15, 0.2) is 36.4 Å². The van der Waals surface area contributed by atoms with Gasteiger partial charge in [0, 0.05) is 5.69 Å². The molecule has 0 spiro atoms. The molecule has 0 fully saturated rings. The van der Waals surface area contributed by atoms with Crippen molar-refractivity contribution in [1.29, 1.82) is 0 Å². The first-order valence-electron chi connectivity index (χ1n) is 8.19. The summed E-state index contributed by atoms with van der Waals surface area (Å²) in [6.45, 7) is 5.87. The molecular formula is C20H23NO2. The lowest BCUT2D eigenvalue weighted by molar-refractivity contribution is -0.122. The largest absolute Gasteiger partial charge is 0.481 e. The number of nitrogens with one attached hydrogen (secondary N) is 1. The Hall–Kier alpha value is -2.29. The van der Waals surface area contributed by atoms with Crippen molar-refractivity contribution in [3.05, 3.63) is 58.7 Å². The van der Waals surface area contributed by atoms with Gasteiger partial charge >= 0.3 is 0 Å². The minimum Gasteiger partial charge on any atom is -0.481 e. The first-order valence-corrected chi connectivity index (χ1v) is 8.19. The maximum atomic E-state index is 12.3. The fourth-order valence-electron chi connectivity index (χ4n) is 2.94. The van der Waals surface area contributed by atoms with Gasteiger partial charge < -0.3 is 10.1 Å². The maximum absolute atomic E-state index is 12.3. The summed E-state index contributed by atoms with van der Waals surface area (Å²) in [7, 11) is 0. The standard InChI is InChI=1S/C20H23NO2/c1-13-7-10-19(11-14(13)2)23-15(3)20(22)21-18-9-8-16-5-4-6-17(16)12-18/h7-12,15H,4-6H2,1-3H3,(H,21,22). The van der Waals surface area contributed by atoms with Gasteiger partial charge in [0.15, 0.2) is 6.10 Å². The molecule has 23 heavy (non-hydrogen) atoms. The second kappa shape index (κ2) is 6.45. The monoisotopic (exact) mass is 309 g/mol. The normalized spacial score (nSPS) is 14.2. The van der Waals surface area contributed by atoms with E-state index in [2.05, 4.69) is 24.4 Å². The number of ether oxygens (including phenoxy) is 1. The molecule has 1 aliphatic rings. The molecule has 3 heteroatoms. The number of hydrogen-bond donors (Lipinski definition) is 1. The summed E-state index contributed by atoms with van der Waals surface area (Å²) in [4.78, 5) is 12.3.